The van der Waals surface area contributed by atoms with Crippen LogP contribution in [0.5, 0.6) is 0 Å². The molecule has 0 bridgehead atoms. The molecule has 0 aliphatic carbocycles. The van der Waals surface area contributed by atoms with Gasteiger partial charge in [0.05, 0.1) is 19.1 Å². The monoisotopic (exact) mass is 244 g/mol. The van der Waals surface area contributed by atoms with E-state index in [0.29, 0.717) is 13.2 Å². The van der Waals surface area contributed by atoms with Crippen LogP contribution in [0.2, 0.25) is 0 Å². The predicted octanol–water partition coefficient (Wildman–Crippen LogP) is -1.04. The van der Waals surface area contributed by atoms with Crippen LogP contribution in [0.15, 0.2) is 5.16 Å². The lowest BCUT2D eigenvalue weighted by Crippen LogP contribution is -2.47. The highest BCUT2D eigenvalue weighted by atomic mass is 16.5. The van der Waals surface area contributed by atoms with Gasteiger partial charge in [-0.2, -0.15) is 0 Å². The van der Waals surface area contributed by atoms with Gasteiger partial charge in [-0.05, 0) is 6.54 Å². The Labute approximate surface area is 101 Å². The lowest BCUT2D eigenvalue weighted by molar-refractivity contribution is -0.121. The fourth-order valence-electron chi connectivity index (χ4n) is 1.68. The highest BCUT2D eigenvalue weighted by molar-refractivity contribution is 5.98. The number of rotatable bonds is 5. The molecule has 1 aliphatic rings. The van der Waals surface area contributed by atoms with Crippen LogP contribution in [0.25, 0.3) is 0 Å². The van der Waals surface area contributed by atoms with Crippen molar-refractivity contribution < 1.29 is 14.7 Å². The number of morpholine rings is 1. The minimum atomic E-state index is -0.266. The summed E-state index contributed by atoms with van der Waals surface area (Å²) < 4.78 is 5.52. The first-order chi connectivity index (χ1) is 8.15. The molecule has 1 fully saturated rings. The molecule has 98 valence electrons. The summed E-state index contributed by atoms with van der Waals surface area (Å²) in [6.45, 7) is 5.98. The Hall–Kier alpha value is -1.34. The number of nitrogens with two attached hydrogens (primary N) is 1. The maximum absolute atomic E-state index is 11.4. The number of nitrogens with one attached hydrogen (secondary N) is 1. The maximum Gasteiger partial charge on any atom is 0.227 e. The van der Waals surface area contributed by atoms with E-state index in [2.05, 4.69) is 22.3 Å². The first-order valence-electron chi connectivity index (χ1n) is 5.72. The Balaban J connectivity index is 2.23. The third kappa shape index (κ3) is 5.01. The van der Waals surface area contributed by atoms with Crippen molar-refractivity contribution in [1.29, 1.82) is 0 Å². The number of hydrogen-bond donors (Lipinski definition) is 3. The molecule has 1 atom stereocenters. The highest BCUT2D eigenvalue weighted by Crippen LogP contribution is 2.03. The lowest BCUT2D eigenvalue weighted by Gasteiger charge is -2.32. The van der Waals surface area contributed by atoms with E-state index in [1.54, 1.807) is 0 Å². The minimum Gasteiger partial charge on any atom is -0.409 e. The summed E-state index contributed by atoms with van der Waals surface area (Å²) in [7, 11) is 0. The van der Waals surface area contributed by atoms with Crippen molar-refractivity contribution in [3.63, 3.8) is 0 Å². The van der Waals surface area contributed by atoms with Gasteiger partial charge >= 0.3 is 0 Å². The van der Waals surface area contributed by atoms with Gasteiger partial charge in [-0.15, -0.1) is 0 Å². The number of nitrogens with zero attached hydrogens (tertiary/aromatic N) is 2. The largest absolute Gasteiger partial charge is 0.409 e. The van der Waals surface area contributed by atoms with Crippen LogP contribution in [0.4, 0.5) is 0 Å². The van der Waals surface area contributed by atoms with Crippen molar-refractivity contribution in [1.82, 2.24) is 10.2 Å². The molecule has 7 heteroatoms. The zero-order valence-electron chi connectivity index (χ0n) is 10.1. The minimum absolute atomic E-state index is 0.0138. The van der Waals surface area contributed by atoms with Crippen LogP contribution < -0.4 is 11.1 Å². The zero-order chi connectivity index (χ0) is 12.7. The smallest absolute Gasteiger partial charge is 0.227 e. The van der Waals surface area contributed by atoms with Gasteiger partial charge in [0, 0.05) is 19.6 Å². The van der Waals surface area contributed by atoms with Gasteiger partial charge in [0.1, 0.15) is 5.84 Å². The number of amidine groups is 1. The molecule has 1 saturated heterocycles. The molecule has 1 aliphatic heterocycles. The second-order valence-electron chi connectivity index (χ2n) is 3.96. The van der Waals surface area contributed by atoms with Crippen molar-refractivity contribution in [2.45, 2.75) is 19.4 Å². The number of carbonyl (C=O) groups is 1. The number of likely N-dealkylation sites (N-methyl/N-ethyl adjacent to an activating group) is 1. The van der Waals surface area contributed by atoms with Crippen molar-refractivity contribution in [2.75, 3.05) is 32.8 Å². The Morgan fingerprint density at radius 2 is 2.47 bits per heavy atom. The highest BCUT2D eigenvalue weighted by Gasteiger charge is 2.19. The standard InChI is InChI=1S/C10H20N4O3/c1-2-14-3-4-17-8(7-14)6-12-10(15)5-9(11)13-16/h8,16H,2-7H2,1H3,(H2,11,13)(H,12,15). The molecule has 0 aromatic rings. The van der Waals surface area contributed by atoms with Crippen LogP contribution in [-0.4, -0.2) is 60.7 Å². The van der Waals surface area contributed by atoms with E-state index in [-0.39, 0.29) is 24.3 Å². The first kappa shape index (κ1) is 13.7. The van der Waals surface area contributed by atoms with E-state index in [9.17, 15) is 4.79 Å². The SMILES string of the molecule is CCN1CCOC(CNC(=O)CC(N)=NO)C1. The average molecular weight is 244 g/mol. The Morgan fingerprint density at radius 1 is 1.71 bits per heavy atom. The van der Waals surface area contributed by atoms with Gasteiger partial charge in [0.15, 0.2) is 0 Å². The lowest BCUT2D eigenvalue weighted by atomic mass is 10.2. The summed E-state index contributed by atoms with van der Waals surface area (Å²) in [6, 6.07) is 0. The van der Waals surface area contributed by atoms with E-state index in [1.807, 2.05) is 0 Å². The van der Waals surface area contributed by atoms with Crippen LogP contribution in [0.3, 0.4) is 0 Å². The van der Waals surface area contributed by atoms with E-state index in [1.165, 1.54) is 0 Å². The van der Waals surface area contributed by atoms with E-state index >= 15 is 0 Å². The quantitative estimate of drug-likeness (QED) is 0.248. The summed E-state index contributed by atoms with van der Waals surface area (Å²) in [4.78, 5) is 13.6. The molecular formula is C10H20N4O3. The summed E-state index contributed by atoms with van der Waals surface area (Å²) in [6.07, 6.45) is -0.0827. The van der Waals surface area contributed by atoms with Gasteiger partial charge in [-0.25, -0.2) is 0 Å². The van der Waals surface area contributed by atoms with Crippen molar-refractivity contribution in [3.8, 4) is 0 Å². The molecular weight excluding hydrogens is 224 g/mol. The summed E-state index contributed by atoms with van der Waals surface area (Å²) >= 11 is 0. The van der Waals surface area contributed by atoms with E-state index < -0.39 is 0 Å². The number of ether oxygens (including phenoxy) is 1. The van der Waals surface area contributed by atoms with Crippen molar-refractivity contribution in [3.05, 3.63) is 0 Å². The molecule has 0 spiro atoms. The molecule has 1 amide bonds. The predicted molar refractivity (Wildman–Crippen MR) is 62.9 cm³/mol. The van der Waals surface area contributed by atoms with Crippen LogP contribution in [0, 0.1) is 0 Å². The fraction of sp³-hybridized carbons (Fsp3) is 0.800. The van der Waals surface area contributed by atoms with Gasteiger partial charge in [0.2, 0.25) is 5.91 Å². The summed E-state index contributed by atoms with van der Waals surface area (Å²) in [5, 5.41) is 13.8. The van der Waals surface area contributed by atoms with Gasteiger partial charge in [0.25, 0.3) is 0 Å². The molecule has 17 heavy (non-hydrogen) atoms. The summed E-state index contributed by atoms with van der Waals surface area (Å²) in [5.74, 6) is -0.361. The number of hydrogen-bond acceptors (Lipinski definition) is 5. The second kappa shape index (κ2) is 7.08. The molecule has 0 aromatic carbocycles. The van der Waals surface area contributed by atoms with E-state index in [0.717, 1.165) is 19.6 Å². The molecule has 1 unspecified atom stereocenters. The van der Waals surface area contributed by atoms with Crippen LogP contribution in [-0.2, 0) is 9.53 Å². The molecule has 0 aromatic heterocycles. The normalized spacial score (nSPS) is 22.4. The Morgan fingerprint density at radius 3 is 3.12 bits per heavy atom. The first-order valence-corrected chi connectivity index (χ1v) is 5.72. The molecule has 4 N–H and O–H groups in total. The molecule has 1 heterocycles. The molecule has 1 rings (SSSR count). The van der Waals surface area contributed by atoms with Crippen LogP contribution in [0.1, 0.15) is 13.3 Å². The van der Waals surface area contributed by atoms with Gasteiger partial charge < -0.3 is 21.0 Å². The third-order valence-electron chi connectivity index (χ3n) is 2.67. The fourth-order valence-corrected chi connectivity index (χ4v) is 1.68. The van der Waals surface area contributed by atoms with Crippen LogP contribution >= 0.6 is 0 Å². The number of oxime groups is 1. The maximum atomic E-state index is 11.4. The van der Waals surface area contributed by atoms with Gasteiger partial charge in [-0.1, -0.05) is 12.1 Å². The zero-order valence-corrected chi connectivity index (χ0v) is 10.1. The Bertz CT molecular complexity index is 283. The third-order valence-corrected chi connectivity index (χ3v) is 2.67. The van der Waals surface area contributed by atoms with Crippen molar-refractivity contribution >= 4 is 11.7 Å². The molecule has 0 saturated carbocycles. The average Bonchev–Trinajstić information content (AvgIpc) is 2.36. The Kier molecular flexibility index (Phi) is 5.71. The second-order valence-corrected chi connectivity index (χ2v) is 3.96. The summed E-state index contributed by atoms with van der Waals surface area (Å²) in [5.41, 5.74) is 5.23. The number of carbonyl (C=O) groups excluding carboxylic acids is 1. The molecule has 7 nitrogen and oxygen atoms in total. The van der Waals surface area contributed by atoms with Gasteiger partial charge in [-0.3, -0.25) is 9.69 Å². The topological polar surface area (TPSA) is 100 Å². The number of amides is 1. The van der Waals surface area contributed by atoms with E-state index in [4.69, 9.17) is 15.7 Å². The molecule has 0 radical (unpaired) electrons. The van der Waals surface area contributed by atoms with Crippen molar-refractivity contribution in [2.24, 2.45) is 10.9 Å².